The predicted molar refractivity (Wildman–Crippen MR) is 106 cm³/mol. The van der Waals surface area contributed by atoms with E-state index in [-0.39, 0.29) is 5.91 Å². The molecular weight excluding hydrogens is 312 g/mol. The van der Waals surface area contributed by atoms with Gasteiger partial charge in [0, 0.05) is 25.2 Å². The lowest BCUT2D eigenvalue weighted by Gasteiger charge is -2.12. The van der Waals surface area contributed by atoms with Crippen LogP contribution in [0.2, 0.25) is 0 Å². The molecule has 1 amide bonds. The van der Waals surface area contributed by atoms with Crippen molar-refractivity contribution in [2.45, 2.75) is 53.5 Å². The fourth-order valence-electron chi connectivity index (χ4n) is 2.47. The summed E-state index contributed by atoms with van der Waals surface area (Å²) in [6.07, 6.45) is 3.65. The number of nitrogens with zero attached hydrogens (tertiary/aromatic N) is 1. The summed E-state index contributed by atoms with van der Waals surface area (Å²) in [6.45, 7) is 11.4. The zero-order valence-corrected chi connectivity index (χ0v) is 16.2. The average Bonchev–Trinajstić information content (AvgIpc) is 2.59. The van der Waals surface area contributed by atoms with Gasteiger partial charge in [0.15, 0.2) is 5.96 Å². The van der Waals surface area contributed by atoms with Crippen LogP contribution in [0.3, 0.4) is 0 Å². The van der Waals surface area contributed by atoms with Gasteiger partial charge >= 0.3 is 0 Å². The van der Waals surface area contributed by atoms with Gasteiger partial charge in [-0.3, -0.25) is 4.79 Å². The molecule has 0 atom stereocenters. The van der Waals surface area contributed by atoms with Crippen LogP contribution in [-0.4, -0.2) is 31.5 Å². The first kappa shape index (κ1) is 21.0. The van der Waals surface area contributed by atoms with E-state index >= 15 is 0 Å². The molecule has 140 valence electrons. The van der Waals surface area contributed by atoms with Gasteiger partial charge < -0.3 is 16.0 Å². The van der Waals surface area contributed by atoms with E-state index < -0.39 is 0 Å². The molecule has 0 aliphatic rings. The highest BCUT2D eigenvalue weighted by Gasteiger charge is 2.05. The number of rotatable bonds is 10. The lowest BCUT2D eigenvalue weighted by molar-refractivity contribution is 0.0955. The molecule has 1 aromatic carbocycles. The number of amides is 1. The van der Waals surface area contributed by atoms with Crippen molar-refractivity contribution in [2.75, 3.05) is 19.6 Å². The number of hydrogen-bond acceptors (Lipinski definition) is 2. The Morgan fingerprint density at radius 3 is 2.52 bits per heavy atom. The van der Waals surface area contributed by atoms with E-state index in [1.54, 1.807) is 0 Å². The Balaban J connectivity index is 2.56. The average molecular weight is 347 g/mol. The fourth-order valence-corrected chi connectivity index (χ4v) is 2.47. The summed E-state index contributed by atoms with van der Waals surface area (Å²) in [4.78, 5) is 16.5. The van der Waals surface area contributed by atoms with Crippen LogP contribution in [0, 0.1) is 5.92 Å². The van der Waals surface area contributed by atoms with Gasteiger partial charge in [-0.2, -0.15) is 0 Å². The van der Waals surface area contributed by atoms with Crippen LogP contribution in [0.5, 0.6) is 0 Å². The molecular formula is C20H34N4O. The Morgan fingerprint density at radius 1 is 1.08 bits per heavy atom. The molecule has 0 saturated carbocycles. The molecule has 5 heteroatoms. The Hall–Kier alpha value is -2.04. The van der Waals surface area contributed by atoms with Crippen LogP contribution in [0.1, 0.15) is 62.9 Å². The quantitative estimate of drug-likeness (QED) is 0.346. The monoisotopic (exact) mass is 346 g/mol. The SMILES string of the molecule is CCNC(=O)c1cccc(CN=C(NCC)NCCCCC(C)C)c1. The summed E-state index contributed by atoms with van der Waals surface area (Å²) in [5, 5.41) is 9.47. The highest BCUT2D eigenvalue weighted by Crippen LogP contribution is 2.07. The minimum absolute atomic E-state index is 0.0384. The van der Waals surface area contributed by atoms with Crippen LogP contribution < -0.4 is 16.0 Å². The number of carbonyl (C=O) groups excluding carboxylic acids is 1. The van der Waals surface area contributed by atoms with Gasteiger partial charge in [-0.15, -0.1) is 0 Å². The van der Waals surface area contributed by atoms with Gasteiger partial charge in [0.2, 0.25) is 0 Å². The first-order valence-electron chi connectivity index (χ1n) is 9.46. The zero-order chi connectivity index (χ0) is 18.5. The molecule has 0 unspecified atom stereocenters. The molecule has 25 heavy (non-hydrogen) atoms. The molecule has 0 fully saturated rings. The van der Waals surface area contributed by atoms with Crippen molar-refractivity contribution in [3.05, 3.63) is 35.4 Å². The first-order valence-corrected chi connectivity index (χ1v) is 9.46. The van der Waals surface area contributed by atoms with Gasteiger partial charge in [-0.05, 0) is 43.9 Å². The number of hydrogen-bond donors (Lipinski definition) is 3. The van der Waals surface area contributed by atoms with Crippen LogP contribution in [0.25, 0.3) is 0 Å². The highest BCUT2D eigenvalue weighted by atomic mass is 16.1. The number of carbonyl (C=O) groups is 1. The van der Waals surface area contributed by atoms with Gasteiger partial charge in [0.25, 0.3) is 5.91 Å². The molecule has 0 heterocycles. The van der Waals surface area contributed by atoms with Gasteiger partial charge in [0.1, 0.15) is 0 Å². The number of guanidine groups is 1. The summed E-state index contributed by atoms with van der Waals surface area (Å²) in [5.41, 5.74) is 1.71. The van der Waals surface area contributed by atoms with Crippen molar-refractivity contribution in [2.24, 2.45) is 10.9 Å². The van der Waals surface area contributed by atoms with Crippen molar-refractivity contribution in [1.29, 1.82) is 0 Å². The maximum Gasteiger partial charge on any atom is 0.251 e. The standard InChI is InChI=1S/C20H34N4O/c1-5-21-19(25)18-12-9-11-17(14-18)15-24-20(22-6-2)23-13-8-7-10-16(3)4/h9,11-12,14,16H,5-8,10,13,15H2,1-4H3,(H,21,25)(H2,22,23,24). The summed E-state index contributed by atoms with van der Waals surface area (Å²) in [5.74, 6) is 1.55. The van der Waals surface area contributed by atoms with E-state index in [4.69, 9.17) is 0 Å². The second-order valence-corrected chi connectivity index (χ2v) is 6.57. The Bertz CT molecular complexity index is 540. The van der Waals surface area contributed by atoms with Crippen molar-refractivity contribution in [1.82, 2.24) is 16.0 Å². The second-order valence-electron chi connectivity index (χ2n) is 6.57. The minimum atomic E-state index is -0.0384. The highest BCUT2D eigenvalue weighted by molar-refractivity contribution is 5.94. The van der Waals surface area contributed by atoms with Gasteiger partial charge in [-0.25, -0.2) is 4.99 Å². The summed E-state index contributed by atoms with van der Waals surface area (Å²) < 4.78 is 0. The molecule has 0 saturated heterocycles. The van der Waals surface area contributed by atoms with Crippen molar-refractivity contribution in [3.8, 4) is 0 Å². The van der Waals surface area contributed by atoms with Gasteiger partial charge in [-0.1, -0.05) is 38.8 Å². The Kier molecular flexibility index (Phi) is 10.4. The number of nitrogens with one attached hydrogen (secondary N) is 3. The smallest absolute Gasteiger partial charge is 0.251 e. The summed E-state index contributed by atoms with van der Waals surface area (Å²) in [6, 6.07) is 7.64. The second kappa shape index (κ2) is 12.3. The van der Waals surface area contributed by atoms with E-state index in [1.165, 1.54) is 12.8 Å². The normalized spacial score (nSPS) is 11.5. The molecule has 0 aliphatic carbocycles. The van der Waals surface area contributed by atoms with Crippen molar-refractivity contribution in [3.63, 3.8) is 0 Å². The third-order valence-electron chi connectivity index (χ3n) is 3.79. The summed E-state index contributed by atoms with van der Waals surface area (Å²) in [7, 11) is 0. The minimum Gasteiger partial charge on any atom is -0.357 e. The largest absolute Gasteiger partial charge is 0.357 e. The van der Waals surface area contributed by atoms with E-state index in [0.717, 1.165) is 37.0 Å². The molecule has 0 spiro atoms. The summed E-state index contributed by atoms with van der Waals surface area (Å²) >= 11 is 0. The molecule has 0 radical (unpaired) electrons. The molecule has 0 aliphatic heterocycles. The topological polar surface area (TPSA) is 65.5 Å². The molecule has 1 rings (SSSR count). The van der Waals surface area contributed by atoms with Crippen molar-refractivity contribution < 1.29 is 4.79 Å². The molecule has 0 aromatic heterocycles. The molecule has 5 nitrogen and oxygen atoms in total. The van der Waals surface area contributed by atoms with E-state index in [9.17, 15) is 4.79 Å². The van der Waals surface area contributed by atoms with Crippen LogP contribution in [0.15, 0.2) is 29.3 Å². The lowest BCUT2D eigenvalue weighted by Crippen LogP contribution is -2.37. The van der Waals surface area contributed by atoms with E-state index in [0.29, 0.717) is 18.7 Å². The fraction of sp³-hybridized carbons (Fsp3) is 0.600. The van der Waals surface area contributed by atoms with Crippen LogP contribution >= 0.6 is 0 Å². The third-order valence-corrected chi connectivity index (χ3v) is 3.79. The van der Waals surface area contributed by atoms with Gasteiger partial charge in [0.05, 0.1) is 6.54 Å². The Morgan fingerprint density at radius 2 is 1.84 bits per heavy atom. The lowest BCUT2D eigenvalue weighted by atomic mass is 10.1. The zero-order valence-electron chi connectivity index (χ0n) is 16.2. The Labute approximate surface area is 152 Å². The molecule has 3 N–H and O–H groups in total. The maximum atomic E-state index is 11.9. The number of unbranched alkanes of at least 4 members (excludes halogenated alkanes) is 1. The number of benzene rings is 1. The maximum absolute atomic E-state index is 11.9. The molecule has 1 aromatic rings. The first-order chi connectivity index (χ1) is 12.1. The third kappa shape index (κ3) is 9.13. The van der Waals surface area contributed by atoms with Crippen LogP contribution in [0.4, 0.5) is 0 Å². The van der Waals surface area contributed by atoms with E-state index in [2.05, 4.69) is 41.7 Å². The van der Waals surface area contributed by atoms with Crippen LogP contribution in [-0.2, 0) is 6.54 Å². The predicted octanol–water partition coefficient (Wildman–Crippen LogP) is 3.32. The van der Waals surface area contributed by atoms with E-state index in [1.807, 2.05) is 31.2 Å². The molecule has 0 bridgehead atoms. The number of aliphatic imine (C=N–C) groups is 1. The van der Waals surface area contributed by atoms with Crippen molar-refractivity contribution >= 4 is 11.9 Å².